The number of rotatable bonds is 2. The standard InChI is InChI=1S/C15H25NO7/c1-4-7-10(18)9(16-3)12-13(11(7)19)22-14-15(20,23-12)8(17)5-6(2)21-14/h6-7,9-14,16,18-20H,4-5H2,1-3H3. The summed E-state index contributed by atoms with van der Waals surface area (Å²) in [5.74, 6) is -3.13. The second-order valence-electron chi connectivity index (χ2n) is 6.65. The second kappa shape index (κ2) is 6.03. The van der Waals surface area contributed by atoms with E-state index in [9.17, 15) is 20.1 Å². The Morgan fingerprint density at radius 2 is 1.96 bits per heavy atom. The van der Waals surface area contributed by atoms with Crippen molar-refractivity contribution < 1.29 is 34.3 Å². The van der Waals surface area contributed by atoms with Gasteiger partial charge < -0.3 is 34.8 Å². The Balaban J connectivity index is 1.92. The lowest BCUT2D eigenvalue weighted by Crippen LogP contribution is -2.75. The number of fused-ring (bicyclic) bond motifs is 2. The molecule has 4 N–H and O–H groups in total. The SMILES string of the molecule is CCC1C(O)C(NC)C2OC3(O)C(=O)CC(C)OC3OC2C1O. The Kier molecular flexibility index (Phi) is 4.52. The fourth-order valence-electron chi connectivity index (χ4n) is 3.91. The number of ether oxygens (including phenoxy) is 3. The fraction of sp³-hybridized carbons (Fsp3) is 0.933. The molecule has 2 aliphatic heterocycles. The Bertz CT molecular complexity index is 475. The van der Waals surface area contributed by atoms with Crippen LogP contribution in [0.5, 0.6) is 0 Å². The average molecular weight is 331 g/mol. The van der Waals surface area contributed by atoms with Crippen LogP contribution in [0.1, 0.15) is 26.7 Å². The molecule has 132 valence electrons. The number of hydrogen-bond acceptors (Lipinski definition) is 8. The van der Waals surface area contributed by atoms with Crippen molar-refractivity contribution in [3.05, 3.63) is 0 Å². The lowest BCUT2D eigenvalue weighted by Gasteiger charge is -2.55. The van der Waals surface area contributed by atoms with E-state index in [1.807, 2.05) is 6.92 Å². The van der Waals surface area contributed by atoms with Gasteiger partial charge in [-0.2, -0.15) is 0 Å². The van der Waals surface area contributed by atoms with Crippen LogP contribution in [0.25, 0.3) is 0 Å². The number of nitrogens with one attached hydrogen (secondary N) is 1. The van der Waals surface area contributed by atoms with Gasteiger partial charge in [0.2, 0.25) is 6.29 Å². The van der Waals surface area contributed by atoms with E-state index in [4.69, 9.17) is 14.2 Å². The van der Waals surface area contributed by atoms with Crippen molar-refractivity contribution in [3.8, 4) is 0 Å². The minimum atomic E-state index is -2.21. The first-order valence-corrected chi connectivity index (χ1v) is 8.11. The van der Waals surface area contributed by atoms with Crippen molar-refractivity contribution in [3.63, 3.8) is 0 Å². The van der Waals surface area contributed by atoms with Crippen LogP contribution in [0, 0.1) is 5.92 Å². The fourth-order valence-corrected chi connectivity index (χ4v) is 3.91. The van der Waals surface area contributed by atoms with Crippen molar-refractivity contribution >= 4 is 5.78 Å². The summed E-state index contributed by atoms with van der Waals surface area (Å²) in [4.78, 5) is 12.2. The number of carbonyl (C=O) groups is 1. The third-order valence-electron chi connectivity index (χ3n) is 5.21. The molecule has 8 heteroatoms. The normalized spacial score (nSPS) is 53.6. The molecule has 0 radical (unpaired) electrons. The molecule has 0 aromatic heterocycles. The second-order valence-corrected chi connectivity index (χ2v) is 6.65. The van der Waals surface area contributed by atoms with Gasteiger partial charge in [-0.15, -0.1) is 0 Å². The molecular formula is C15H25NO7. The highest BCUT2D eigenvalue weighted by Crippen LogP contribution is 2.42. The van der Waals surface area contributed by atoms with Crippen LogP contribution in [-0.2, 0) is 19.0 Å². The summed E-state index contributed by atoms with van der Waals surface area (Å²) in [5.41, 5.74) is 0. The van der Waals surface area contributed by atoms with Crippen LogP contribution in [0.15, 0.2) is 0 Å². The minimum Gasteiger partial charge on any atom is -0.391 e. The van der Waals surface area contributed by atoms with Crippen LogP contribution in [0.2, 0.25) is 0 Å². The Hall–Kier alpha value is -0.610. The molecule has 2 heterocycles. The van der Waals surface area contributed by atoms with Crippen molar-refractivity contribution in [2.45, 2.75) is 75.3 Å². The van der Waals surface area contributed by atoms with Gasteiger partial charge >= 0.3 is 0 Å². The third kappa shape index (κ3) is 2.53. The van der Waals surface area contributed by atoms with E-state index in [2.05, 4.69) is 5.32 Å². The molecule has 0 amide bonds. The van der Waals surface area contributed by atoms with Gasteiger partial charge in [0.05, 0.1) is 24.4 Å². The number of aliphatic hydroxyl groups is 3. The van der Waals surface area contributed by atoms with Crippen molar-refractivity contribution in [1.29, 1.82) is 0 Å². The largest absolute Gasteiger partial charge is 0.391 e. The van der Waals surface area contributed by atoms with Gasteiger partial charge in [0, 0.05) is 12.3 Å². The highest BCUT2D eigenvalue weighted by molar-refractivity contribution is 5.87. The third-order valence-corrected chi connectivity index (χ3v) is 5.21. The van der Waals surface area contributed by atoms with Crippen molar-refractivity contribution in [1.82, 2.24) is 5.32 Å². The minimum absolute atomic E-state index is 0.0145. The molecule has 3 fully saturated rings. The quantitative estimate of drug-likeness (QED) is 0.484. The van der Waals surface area contributed by atoms with Crippen LogP contribution in [0.4, 0.5) is 0 Å². The monoisotopic (exact) mass is 331 g/mol. The molecule has 0 aromatic rings. The maximum Gasteiger partial charge on any atom is 0.280 e. The molecule has 3 rings (SSSR count). The summed E-state index contributed by atoms with van der Waals surface area (Å²) in [6, 6.07) is -0.578. The number of likely N-dealkylation sites (N-methyl/N-ethyl adjacent to an activating group) is 1. The summed E-state index contributed by atoms with van der Waals surface area (Å²) in [6.45, 7) is 3.58. The first-order chi connectivity index (χ1) is 10.8. The summed E-state index contributed by atoms with van der Waals surface area (Å²) in [5, 5.41) is 34.6. The van der Waals surface area contributed by atoms with Gasteiger partial charge in [-0.05, 0) is 20.4 Å². The number of Topliss-reactive ketones (excluding diaryl/α,β-unsaturated/α-hetero) is 1. The van der Waals surface area contributed by atoms with Gasteiger partial charge in [0.25, 0.3) is 5.79 Å². The average Bonchev–Trinajstić information content (AvgIpc) is 2.49. The molecule has 1 saturated carbocycles. The molecule has 0 spiro atoms. The molecule has 9 unspecified atom stereocenters. The zero-order chi connectivity index (χ0) is 16.9. The van der Waals surface area contributed by atoms with Gasteiger partial charge in [-0.1, -0.05) is 6.92 Å². The van der Waals surface area contributed by atoms with Gasteiger partial charge in [-0.3, -0.25) is 4.79 Å². The van der Waals surface area contributed by atoms with Crippen LogP contribution < -0.4 is 5.32 Å². The van der Waals surface area contributed by atoms with E-state index >= 15 is 0 Å². The lowest BCUT2D eigenvalue weighted by molar-refractivity contribution is -0.422. The molecule has 0 aromatic carbocycles. The molecule has 8 nitrogen and oxygen atoms in total. The van der Waals surface area contributed by atoms with Crippen molar-refractivity contribution in [2.24, 2.45) is 5.92 Å². The molecule has 1 aliphatic carbocycles. The van der Waals surface area contributed by atoms with E-state index in [-0.39, 0.29) is 6.42 Å². The smallest absolute Gasteiger partial charge is 0.280 e. The predicted octanol–water partition coefficient (Wildman–Crippen LogP) is -1.49. The molecular weight excluding hydrogens is 306 g/mol. The van der Waals surface area contributed by atoms with Gasteiger partial charge in [0.1, 0.15) is 12.2 Å². The summed E-state index contributed by atoms with van der Waals surface area (Å²) in [7, 11) is 1.65. The maximum atomic E-state index is 12.2. The molecule has 23 heavy (non-hydrogen) atoms. The number of ketones is 1. The van der Waals surface area contributed by atoms with Crippen molar-refractivity contribution in [2.75, 3.05) is 7.05 Å². The molecule has 3 aliphatic rings. The van der Waals surface area contributed by atoms with E-state index in [0.717, 1.165) is 0 Å². The highest BCUT2D eigenvalue weighted by atomic mass is 16.8. The van der Waals surface area contributed by atoms with Crippen LogP contribution >= 0.6 is 0 Å². The van der Waals surface area contributed by atoms with E-state index in [1.54, 1.807) is 14.0 Å². The first kappa shape index (κ1) is 17.2. The van der Waals surface area contributed by atoms with Gasteiger partial charge in [0.15, 0.2) is 5.78 Å². The number of aliphatic hydroxyl groups excluding tert-OH is 2. The van der Waals surface area contributed by atoms with Crippen LogP contribution in [0.3, 0.4) is 0 Å². The Labute approximate surface area is 134 Å². The Morgan fingerprint density at radius 1 is 1.26 bits per heavy atom. The zero-order valence-electron chi connectivity index (χ0n) is 13.5. The van der Waals surface area contributed by atoms with E-state index in [1.165, 1.54) is 0 Å². The Morgan fingerprint density at radius 3 is 2.57 bits per heavy atom. The first-order valence-electron chi connectivity index (χ1n) is 8.11. The molecule has 9 atom stereocenters. The summed E-state index contributed by atoms with van der Waals surface area (Å²) < 4.78 is 16.9. The van der Waals surface area contributed by atoms with E-state index in [0.29, 0.717) is 6.42 Å². The van der Waals surface area contributed by atoms with Gasteiger partial charge in [-0.25, -0.2) is 0 Å². The van der Waals surface area contributed by atoms with Crippen LogP contribution in [-0.4, -0.2) is 76.8 Å². The predicted molar refractivity (Wildman–Crippen MR) is 77.3 cm³/mol. The number of carbonyl (C=O) groups excluding carboxylic acids is 1. The maximum absolute atomic E-state index is 12.2. The van der Waals surface area contributed by atoms with E-state index < -0.39 is 60.3 Å². The lowest BCUT2D eigenvalue weighted by atomic mass is 9.75. The molecule has 2 saturated heterocycles. The summed E-state index contributed by atoms with van der Waals surface area (Å²) in [6.07, 6.45) is -4.65. The summed E-state index contributed by atoms with van der Waals surface area (Å²) >= 11 is 0. The number of hydrogen-bond donors (Lipinski definition) is 4. The zero-order valence-corrected chi connectivity index (χ0v) is 13.5. The highest BCUT2D eigenvalue weighted by Gasteiger charge is 2.63. The topological polar surface area (TPSA) is 117 Å². The molecule has 0 bridgehead atoms.